The van der Waals surface area contributed by atoms with Gasteiger partial charge in [-0.25, -0.2) is 0 Å². The highest BCUT2D eigenvalue weighted by atomic mass is 31.2. The zero-order valence-electron chi connectivity index (χ0n) is 54.8. The highest BCUT2D eigenvalue weighted by Crippen LogP contribution is 2.38. The first-order chi connectivity index (χ1) is 40.9. The van der Waals surface area contributed by atoms with E-state index >= 15 is 0 Å². The Morgan fingerprint density at radius 2 is 0.774 bits per heavy atom. The number of nitrogens with zero attached hydrogens (tertiary/aromatic N) is 1. The summed E-state index contributed by atoms with van der Waals surface area (Å²) in [6.45, 7) is 6.64. The summed E-state index contributed by atoms with van der Waals surface area (Å²) in [5.41, 5.74) is 0. The summed E-state index contributed by atoms with van der Waals surface area (Å²) >= 11 is 0. The average molecular weight is 1190 g/mol. The summed E-state index contributed by atoms with van der Waals surface area (Å²) in [5.74, 6) is -0.648. The van der Waals surface area contributed by atoms with E-state index in [-0.39, 0.29) is 25.4 Å². The second-order valence-corrected chi connectivity index (χ2v) is 25.0. The van der Waals surface area contributed by atoms with Gasteiger partial charge in [0, 0.05) is 12.8 Å². The largest absolute Gasteiger partial charge is 0.756 e. The van der Waals surface area contributed by atoms with Crippen LogP contribution in [0.1, 0.15) is 271 Å². The monoisotopic (exact) mass is 1190 g/mol. The number of unbranched alkanes of at least 4 members (excludes halogenated alkanes) is 24. The number of hydrogen-bond donors (Lipinski definition) is 1. The van der Waals surface area contributed by atoms with Crippen LogP contribution in [0.3, 0.4) is 0 Å². The van der Waals surface area contributed by atoms with Crippen LogP contribution in [-0.2, 0) is 27.9 Å². The second-order valence-electron chi connectivity index (χ2n) is 23.6. The van der Waals surface area contributed by atoms with Gasteiger partial charge in [-0.15, -0.1) is 0 Å². The molecule has 0 saturated carbocycles. The number of quaternary nitrogens is 1. The van der Waals surface area contributed by atoms with Gasteiger partial charge < -0.3 is 28.5 Å². The third-order valence-electron chi connectivity index (χ3n) is 14.3. The molecule has 9 nitrogen and oxygen atoms in total. The number of nitrogens with one attached hydrogen (secondary N) is 1. The van der Waals surface area contributed by atoms with E-state index in [0.29, 0.717) is 17.4 Å². The minimum absolute atomic E-state index is 0.0408. The van der Waals surface area contributed by atoms with Gasteiger partial charge in [0.05, 0.1) is 33.8 Å². The highest BCUT2D eigenvalue weighted by molar-refractivity contribution is 7.45. The number of likely N-dealkylation sites (N-methyl/N-ethyl adjacent to an activating group) is 1. The van der Waals surface area contributed by atoms with Gasteiger partial charge in [0.1, 0.15) is 19.3 Å². The van der Waals surface area contributed by atoms with Crippen molar-refractivity contribution in [2.24, 2.45) is 0 Å². The lowest BCUT2D eigenvalue weighted by Crippen LogP contribution is -2.47. The fraction of sp³-hybridized carbons (Fsp3) is 0.676. The smallest absolute Gasteiger partial charge is 0.306 e. The maximum atomic E-state index is 13.6. The molecule has 0 fully saturated rings. The van der Waals surface area contributed by atoms with Crippen LogP contribution in [0.15, 0.2) is 134 Å². The summed E-state index contributed by atoms with van der Waals surface area (Å²) in [6, 6.07) is -0.931. The fourth-order valence-corrected chi connectivity index (χ4v) is 9.84. The molecule has 480 valence electrons. The Kier molecular flexibility index (Phi) is 59.4. The van der Waals surface area contributed by atoms with Crippen LogP contribution in [-0.4, -0.2) is 69.4 Å². The zero-order valence-corrected chi connectivity index (χ0v) is 55.7. The summed E-state index contributed by atoms with van der Waals surface area (Å²) in [4.78, 5) is 40.1. The third kappa shape index (κ3) is 62.7. The molecule has 0 aromatic heterocycles. The predicted octanol–water partition coefficient (Wildman–Crippen LogP) is 21.0. The fourth-order valence-electron chi connectivity index (χ4n) is 9.12. The van der Waals surface area contributed by atoms with Gasteiger partial charge in [0.2, 0.25) is 5.91 Å². The number of phosphoric ester groups is 1. The van der Waals surface area contributed by atoms with Crippen molar-refractivity contribution in [3.05, 3.63) is 134 Å². The number of hydrogen-bond acceptors (Lipinski definition) is 7. The van der Waals surface area contributed by atoms with Gasteiger partial charge in [0.25, 0.3) is 7.82 Å². The highest BCUT2D eigenvalue weighted by Gasteiger charge is 2.27. The molecule has 1 N–H and O–H groups in total. The van der Waals surface area contributed by atoms with Crippen molar-refractivity contribution >= 4 is 19.7 Å². The van der Waals surface area contributed by atoms with Crippen LogP contribution >= 0.6 is 7.82 Å². The number of esters is 1. The predicted molar refractivity (Wildman–Crippen MR) is 362 cm³/mol. The Hall–Kier alpha value is -3.85. The van der Waals surface area contributed by atoms with Crippen LogP contribution in [0.25, 0.3) is 0 Å². The molecule has 0 aromatic rings. The molecular weight excluding hydrogens is 1060 g/mol. The van der Waals surface area contributed by atoms with Crippen LogP contribution in [0.5, 0.6) is 0 Å². The van der Waals surface area contributed by atoms with Gasteiger partial charge in [0.15, 0.2) is 0 Å². The molecule has 0 aliphatic carbocycles. The normalized spacial score (nSPS) is 14.4. The lowest BCUT2D eigenvalue weighted by molar-refractivity contribution is -0.870. The molecule has 10 heteroatoms. The first-order valence-corrected chi connectivity index (χ1v) is 35.5. The SMILES string of the molecule is CC/C=C\C/C=C\C/C=C\C/C=C\C/C=C\C/C=C\CCC(=O)OC(/C=C\CCCCCCCCCCCC)C(COP(=O)([O-])OCC[N+](C)(C)C)NC(=O)CCCCCCCCCCCCC/C=C\C/C=C\C/C=C\C/C=C\CCCCC. The van der Waals surface area contributed by atoms with Gasteiger partial charge in [-0.05, 0) is 115 Å². The first kappa shape index (κ1) is 80.2. The molecule has 0 bridgehead atoms. The summed E-state index contributed by atoms with van der Waals surface area (Å²) < 4.78 is 30.3. The topological polar surface area (TPSA) is 114 Å². The van der Waals surface area contributed by atoms with E-state index in [0.717, 1.165) is 109 Å². The lowest BCUT2D eigenvalue weighted by Gasteiger charge is -2.30. The van der Waals surface area contributed by atoms with Crippen molar-refractivity contribution < 1.29 is 37.3 Å². The average Bonchev–Trinajstić information content (AvgIpc) is 3.65. The minimum atomic E-state index is -4.73. The standard InChI is InChI=1S/C74H127N2O7P/c1-7-10-13-16-19-22-25-28-30-32-34-35-36-37-38-39-40-41-43-44-46-48-51-54-57-60-63-66-73(77)75-71(70-82-84(79,80)81-69-68-76(4,5)6)72(65-62-59-56-53-50-27-24-21-18-15-12-9-3)83-74(78)67-64-61-58-55-52-49-47-45-42-33-31-29-26-23-20-17-14-11-8-2/h11,14,19-20,22-23,28-31,34-35,37-38,42,45,49,52,58,61-62,65,71-72H,7-10,12-13,15-18,21,24-27,32-33,36,39-41,43-44,46-48,50-51,53-57,59-60,63-64,66-70H2,1-6H3,(H-,75,77,79,80)/b14-11-,22-19-,23-20-,30-28-,31-29-,35-34-,38-37-,45-42-,52-49-,61-58-,65-62-. The van der Waals surface area contributed by atoms with Crippen LogP contribution in [0.4, 0.5) is 0 Å². The molecule has 84 heavy (non-hydrogen) atoms. The van der Waals surface area contributed by atoms with E-state index in [1.807, 2.05) is 39.4 Å². The molecule has 3 unspecified atom stereocenters. The van der Waals surface area contributed by atoms with E-state index in [9.17, 15) is 19.0 Å². The number of ether oxygens (including phenoxy) is 1. The van der Waals surface area contributed by atoms with E-state index in [2.05, 4.69) is 135 Å². The Balaban J connectivity index is 5.20. The van der Waals surface area contributed by atoms with Gasteiger partial charge in [-0.1, -0.05) is 277 Å². The Morgan fingerprint density at radius 1 is 0.429 bits per heavy atom. The minimum Gasteiger partial charge on any atom is -0.756 e. The number of allylic oxidation sites excluding steroid dienone is 21. The molecule has 1 amide bonds. The zero-order chi connectivity index (χ0) is 61.4. The van der Waals surface area contributed by atoms with Crippen molar-refractivity contribution in [1.29, 1.82) is 0 Å². The number of carbonyl (C=O) groups excluding carboxylic acids is 2. The van der Waals surface area contributed by atoms with Crippen molar-refractivity contribution in [3.8, 4) is 0 Å². The van der Waals surface area contributed by atoms with Crippen molar-refractivity contribution in [3.63, 3.8) is 0 Å². The number of carbonyl (C=O) groups is 2. The van der Waals surface area contributed by atoms with E-state index in [1.165, 1.54) is 122 Å². The molecule has 0 aliphatic heterocycles. The van der Waals surface area contributed by atoms with Gasteiger partial charge >= 0.3 is 5.97 Å². The third-order valence-corrected chi connectivity index (χ3v) is 15.3. The number of rotatable bonds is 60. The number of phosphoric acid groups is 1. The second kappa shape index (κ2) is 62.2. The molecule has 0 saturated heterocycles. The van der Waals surface area contributed by atoms with E-state index in [4.69, 9.17) is 13.8 Å². The van der Waals surface area contributed by atoms with Crippen LogP contribution < -0.4 is 10.2 Å². The maximum Gasteiger partial charge on any atom is 0.306 e. The Labute approximate surface area is 517 Å². The summed E-state index contributed by atoms with van der Waals surface area (Å²) in [5, 5.41) is 3.01. The van der Waals surface area contributed by atoms with Gasteiger partial charge in [-0.2, -0.15) is 0 Å². The molecule has 3 atom stereocenters. The molecule has 0 radical (unpaired) electrons. The summed E-state index contributed by atoms with van der Waals surface area (Å²) in [6.07, 6.45) is 88.7. The van der Waals surface area contributed by atoms with Crippen molar-refractivity contribution in [1.82, 2.24) is 5.32 Å². The first-order valence-electron chi connectivity index (χ1n) is 34.0. The Bertz CT molecular complexity index is 1900. The van der Waals surface area contributed by atoms with Crippen molar-refractivity contribution in [2.45, 2.75) is 283 Å². The molecule has 0 spiro atoms. The molecular formula is C74H127N2O7P. The number of amides is 1. The van der Waals surface area contributed by atoms with Crippen molar-refractivity contribution in [2.75, 3.05) is 40.9 Å². The van der Waals surface area contributed by atoms with Gasteiger partial charge in [-0.3, -0.25) is 14.2 Å². The van der Waals surface area contributed by atoms with E-state index in [1.54, 1.807) is 6.08 Å². The molecule has 0 heterocycles. The Morgan fingerprint density at radius 3 is 1.19 bits per heavy atom. The quantitative estimate of drug-likeness (QED) is 0.0212. The molecule has 0 aromatic carbocycles. The van der Waals surface area contributed by atoms with Crippen LogP contribution in [0.2, 0.25) is 0 Å². The molecule has 0 rings (SSSR count). The summed E-state index contributed by atoms with van der Waals surface area (Å²) in [7, 11) is 1.13. The van der Waals surface area contributed by atoms with E-state index < -0.39 is 32.5 Å². The maximum absolute atomic E-state index is 13.6. The van der Waals surface area contributed by atoms with Crippen LogP contribution in [0, 0.1) is 0 Å². The lowest BCUT2D eigenvalue weighted by atomic mass is 10.0. The molecule has 0 aliphatic rings.